The Kier molecular flexibility index (Phi) is 6.84. The highest BCUT2D eigenvalue weighted by molar-refractivity contribution is 4.75. The van der Waals surface area contributed by atoms with E-state index in [1.807, 2.05) is 0 Å². The van der Waals surface area contributed by atoms with Gasteiger partial charge in [-0.2, -0.15) is 0 Å². The summed E-state index contributed by atoms with van der Waals surface area (Å²) in [5.41, 5.74) is 0. The molecule has 0 aromatic rings. The van der Waals surface area contributed by atoms with Crippen molar-refractivity contribution in [2.24, 2.45) is 0 Å². The fourth-order valence-corrected chi connectivity index (χ4v) is 0.818. The first-order valence-corrected chi connectivity index (χ1v) is 3.89. The molecular weight excluding hydrogens is 140 g/mol. The van der Waals surface area contributed by atoms with Gasteiger partial charge in [0.2, 0.25) is 0 Å². The Morgan fingerprint density at radius 2 is 1.91 bits per heavy atom. The normalized spacial score (nSPS) is 13.5. The Hall–Kier alpha value is -0.760. The molecule has 2 nitrogen and oxygen atoms in total. The number of aliphatic hydroxyl groups excluding tert-OH is 2. The Morgan fingerprint density at radius 1 is 1.27 bits per heavy atom. The smallest absolute Gasteiger partial charge is 0.0751 e. The second-order valence-electron chi connectivity index (χ2n) is 2.48. The minimum absolute atomic E-state index is 0.260. The van der Waals surface area contributed by atoms with Gasteiger partial charge in [0.25, 0.3) is 0 Å². The molecule has 64 valence electrons. The van der Waals surface area contributed by atoms with Crippen LogP contribution >= 0.6 is 0 Å². The first-order valence-electron chi connectivity index (χ1n) is 3.89. The van der Waals surface area contributed by atoms with Crippen LogP contribution in [0.25, 0.3) is 0 Å². The molecule has 0 radical (unpaired) electrons. The predicted molar refractivity (Wildman–Crippen MR) is 46.4 cm³/mol. The fourth-order valence-electron chi connectivity index (χ4n) is 0.818. The van der Waals surface area contributed by atoms with E-state index < -0.39 is 0 Å². The van der Waals surface area contributed by atoms with Crippen molar-refractivity contribution in [2.75, 3.05) is 0 Å². The van der Waals surface area contributed by atoms with Crippen LogP contribution < -0.4 is 0 Å². The van der Waals surface area contributed by atoms with Crippen LogP contribution in [0.2, 0.25) is 0 Å². The lowest BCUT2D eigenvalue weighted by Crippen LogP contribution is -2.04. The summed E-state index contributed by atoms with van der Waals surface area (Å²) in [5, 5.41) is 17.5. The molecule has 0 rings (SSSR count). The minimum atomic E-state index is -0.260. The Labute approximate surface area is 67.9 Å². The van der Waals surface area contributed by atoms with Crippen LogP contribution in [-0.4, -0.2) is 16.3 Å². The molecule has 0 aliphatic rings. The second kappa shape index (κ2) is 7.35. The molecule has 11 heavy (non-hydrogen) atoms. The van der Waals surface area contributed by atoms with Crippen molar-refractivity contribution in [1.82, 2.24) is 0 Å². The van der Waals surface area contributed by atoms with E-state index in [9.17, 15) is 5.11 Å². The third-order valence-electron chi connectivity index (χ3n) is 1.48. The summed E-state index contributed by atoms with van der Waals surface area (Å²) < 4.78 is 0. The van der Waals surface area contributed by atoms with Crippen LogP contribution in [0.3, 0.4) is 0 Å². The molecule has 0 amide bonds. The zero-order valence-corrected chi connectivity index (χ0v) is 6.74. The lowest BCUT2D eigenvalue weighted by atomic mass is 10.1. The van der Waals surface area contributed by atoms with Gasteiger partial charge in [-0.25, -0.2) is 0 Å². The molecule has 2 heteroatoms. The molecule has 0 heterocycles. The van der Waals surface area contributed by atoms with Crippen molar-refractivity contribution in [2.45, 2.75) is 31.8 Å². The summed E-state index contributed by atoms with van der Waals surface area (Å²) in [5.74, 6) is 0. The Morgan fingerprint density at radius 3 is 2.45 bits per heavy atom. The van der Waals surface area contributed by atoms with E-state index in [0.717, 1.165) is 25.5 Å². The first-order chi connectivity index (χ1) is 5.31. The van der Waals surface area contributed by atoms with Crippen molar-refractivity contribution in [3.63, 3.8) is 0 Å². The average Bonchev–Trinajstić information content (AvgIpc) is 2.01. The zero-order chi connectivity index (χ0) is 8.53. The number of allylic oxidation sites excluding steroid dienone is 2. The van der Waals surface area contributed by atoms with Crippen LogP contribution in [-0.2, 0) is 0 Å². The van der Waals surface area contributed by atoms with Crippen LogP contribution in [0.1, 0.15) is 25.7 Å². The molecule has 0 aromatic heterocycles. The van der Waals surface area contributed by atoms with E-state index >= 15 is 0 Å². The standard InChI is InChI=1S/C9H16O2/c1-2-3-6-9(11)7-4-5-8-10/h2,5,8-11H,1,3-4,6-7H2. The van der Waals surface area contributed by atoms with Crippen LogP contribution in [0.15, 0.2) is 25.0 Å². The van der Waals surface area contributed by atoms with Crippen molar-refractivity contribution in [3.8, 4) is 0 Å². The highest BCUT2D eigenvalue weighted by Crippen LogP contribution is 2.04. The molecule has 0 fully saturated rings. The monoisotopic (exact) mass is 156 g/mol. The van der Waals surface area contributed by atoms with Crippen LogP contribution in [0, 0.1) is 0 Å². The lowest BCUT2D eigenvalue weighted by molar-refractivity contribution is 0.157. The third kappa shape index (κ3) is 7.13. The SMILES string of the molecule is C=CCCC(O)CCC=CO. The Balaban J connectivity index is 3.21. The molecule has 0 aromatic carbocycles. The van der Waals surface area contributed by atoms with E-state index in [-0.39, 0.29) is 6.10 Å². The summed E-state index contributed by atoms with van der Waals surface area (Å²) in [6, 6.07) is 0. The zero-order valence-electron chi connectivity index (χ0n) is 6.74. The van der Waals surface area contributed by atoms with Gasteiger partial charge in [-0.15, -0.1) is 6.58 Å². The van der Waals surface area contributed by atoms with Gasteiger partial charge in [0.1, 0.15) is 0 Å². The van der Waals surface area contributed by atoms with Gasteiger partial charge >= 0.3 is 0 Å². The maximum Gasteiger partial charge on any atom is 0.0751 e. The number of aliphatic hydroxyl groups is 2. The minimum Gasteiger partial charge on any atom is -0.516 e. The van der Waals surface area contributed by atoms with Gasteiger partial charge in [-0.1, -0.05) is 12.2 Å². The molecular formula is C9H16O2. The van der Waals surface area contributed by atoms with Gasteiger partial charge in [0.15, 0.2) is 0 Å². The predicted octanol–water partition coefficient (Wildman–Crippen LogP) is 2.17. The molecule has 2 N–H and O–H groups in total. The maximum absolute atomic E-state index is 9.24. The molecule has 0 bridgehead atoms. The van der Waals surface area contributed by atoms with E-state index in [0.29, 0.717) is 6.42 Å². The number of hydrogen-bond acceptors (Lipinski definition) is 2. The molecule has 0 saturated heterocycles. The number of hydrogen-bond donors (Lipinski definition) is 2. The molecule has 0 aliphatic heterocycles. The van der Waals surface area contributed by atoms with Gasteiger partial charge < -0.3 is 10.2 Å². The van der Waals surface area contributed by atoms with E-state index in [4.69, 9.17) is 5.11 Å². The van der Waals surface area contributed by atoms with Gasteiger partial charge in [-0.05, 0) is 25.7 Å². The van der Waals surface area contributed by atoms with E-state index in [1.54, 1.807) is 12.2 Å². The summed E-state index contributed by atoms with van der Waals surface area (Å²) in [7, 11) is 0. The van der Waals surface area contributed by atoms with Crippen LogP contribution in [0.4, 0.5) is 0 Å². The molecule has 0 aliphatic carbocycles. The quantitative estimate of drug-likeness (QED) is 0.457. The topological polar surface area (TPSA) is 40.5 Å². The molecule has 1 atom stereocenters. The largest absolute Gasteiger partial charge is 0.516 e. The van der Waals surface area contributed by atoms with Gasteiger partial charge in [0, 0.05) is 0 Å². The lowest BCUT2D eigenvalue weighted by Gasteiger charge is -2.05. The highest BCUT2D eigenvalue weighted by atomic mass is 16.3. The van der Waals surface area contributed by atoms with E-state index in [1.165, 1.54) is 0 Å². The summed E-state index contributed by atoms with van der Waals surface area (Å²) in [6.07, 6.45) is 7.25. The summed E-state index contributed by atoms with van der Waals surface area (Å²) in [4.78, 5) is 0. The number of rotatable bonds is 6. The van der Waals surface area contributed by atoms with Crippen molar-refractivity contribution < 1.29 is 10.2 Å². The summed E-state index contributed by atoms with van der Waals surface area (Å²) >= 11 is 0. The van der Waals surface area contributed by atoms with Gasteiger partial charge in [0.05, 0.1) is 12.4 Å². The van der Waals surface area contributed by atoms with Crippen molar-refractivity contribution >= 4 is 0 Å². The highest BCUT2D eigenvalue weighted by Gasteiger charge is 1.99. The van der Waals surface area contributed by atoms with E-state index in [2.05, 4.69) is 6.58 Å². The fraction of sp³-hybridized carbons (Fsp3) is 0.556. The molecule has 1 unspecified atom stereocenters. The molecule has 0 saturated carbocycles. The molecule has 0 spiro atoms. The van der Waals surface area contributed by atoms with Crippen molar-refractivity contribution in [3.05, 3.63) is 25.0 Å². The first kappa shape index (κ1) is 10.2. The Bertz CT molecular complexity index is 119. The van der Waals surface area contributed by atoms with Crippen LogP contribution in [0.5, 0.6) is 0 Å². The summed E-state index contributed by atoms with van der Waals surface area (Å²) in [6.45, 7) is 3.56. The average molecular weight is 156 g/mol. The maximum atomic E-state index is 9.24. The second-order valence-corrected chi connectivity index (χ2v) is 2.48. The third-order valence-corrected chi connectivity index (χ3v) is 1.48. The van der Waals surface area contributed by atoms with Gasteiger partial charge in [-0.3, -0.25) is 0 Å². The van der Waals surface area contributed by atoms with Crippen molar-refractivity contribution in [1.29, 1.82) is 0 Å².